The summed E-state index contributed by atoms with van der Waals surface area (Å²) in [6.45, 7) is 8.58. The molecule has 0 heterocycles. The molecule has 4 rings (SSSR count). The second kappa shape index (κ2) is 5.85. The van der Waals surface area contributed by atoms with Crippen molar-refractivity contribution in [1.29, 1.82) is 0 Å². The van der Waals surface area contributed by atoms with Crippen LogP contribution in [-0.4, -0.2) is 16.5 Å². The van der Waals surface area contributed by atoms with Crippen LogP contribution in [0.5, 0.6) is 0 Å². The predicted octanol–water partition coefficient (Wildman–Crippen LogP) is 4.44. The van der Waals surface area contributed by atoms with Crippen LogP contribution < -0.4 is 0 Å². The van der Waals surface area contributed by atoms with E-state index in [1.807, 2.05) is 13.0 Å². The molecule has 0 saturated heterocycles. The molecule has 25 heavy (non-hydrogen) atoms. The summed E-state index contributed by atoms with van der Waals surface area (Å²) >= 11 is 0. The number of allylic oxidation sites excluding steroid dienone is 2. The molecule has 0 radical (unpaired) electrons. The highest BCUT2D eigenvalue weighted by Gasteiger charge is 2.64. The lowest BCUT2D eigenvalue weighted by Crippen LogP contribution is -2.54. The first-order valence-electron chi connectivity index (χ1n) is 10.0. The van der Waals surface area contributed by atoms with Crippen LogP contribution in [0.1, 0.15) is 65.2 Å². The third-order valence-electron chi connectivity index (χ3n) is 8.03. The van der Waals surface area contributed by atoms with Gasteiger partial charge in [0.1, 0.15) is 5.60 Å². The first-order chi connectivity index (χ1) is 12.0. The van der Waals surface area contributed by atoms with Crippen LogP contribution in [-0.2, 0) is 4.79 Å². The molecule has 3 fully saturated rings. The molecule has 1 N–H and O–H groups in total. The highest BCUT2D eigenvalue weighted by atomic mass is 16.3. The van der Waals surface area contributed by atoms with Gasteiger partial charge < -0.3 is 5.11 Å². The Balaban J connectivity index is 1.74. The van der Waals surface area contributed by atoms with E-state index in [-0.39, 0.29) is 5.41 Å². The van der Waals surface area contributed by atoms with Gasteiger partial charge in [0.05, 0.1) is 0 Å². The normalized spacial score (nSPS) is 45.6. The van der Waals surface area contributed by atoms with Gasteiger partial charge in [-0.2, -0.15) is 0 Å². The Labute approximate surface area is 151 Å². The lowest BCUT2D eigenvalue weighted by molar-refractivity contribution is -0.116. The van der Waals surface area contributed by atoms with Gasteiger partial charge in [-0.25, -0.2) is 0 Å². The van der Waals surface area contributed by atoms with Gasteiger partial charge in [-0.3, -0.25) is 4.79 Å². The molecule has 3 saturated carbocycles. The maximum atomic E-state index is 11.8. The van der Waals surface area contributed by atoms with E-state index in [9.17, 15) is 9.90 Å². The SMILES string of the molecule is C=C1C[C@@]2(CC)C(CC[C@@]2(O)C#CC)C2CCC3=CC(=O)CCC3C12. The maximum absolute atomic E-state index is 11.8. The fraction of sp³-hybridized carbons (Fsp3) is 0.696. The van der Waals surface area contributed by atoms with Crippen LogP contribution in [0.3, 0.4) is 0 Å². The van der Waals surface area contributed by atoms with Gasteiger partial charge in [-0.15, -0.1) is 5.92 Å². The van der Waals surface area contributed by atoms with Crippen LogP contribution in [0.2, 0.25) is 0 Å². The summed E-state index contributed by atoms with van der Waals surface area (Å²) in [6, 6.07) is 0. The van der Waals surface area contributed by atoms with E-state index < -0.39 is 5.60 Å². The van der Waals surface area contributed by atoms with Gasteiger partial charge in [0.15, 0.2) is 5.78 Å². The van der Waals surface area contributed by atoms with Gasteiger partial charge in [0.25, 0.3) is 0 Å². The number of carbonyl (C=O) groups excluding carboxylic acids is 1. The molecule has 0 aliphatic heterocycles. The Morgan fingerprint density at radius 2 is 2.12 bits per heavy atom. The fourth-order valence-electron chi connectivity index (χ4n) is 7.08. The third-order valence-corrected chi connectivity index (χ3v) is 8.03. The van der Waals surface area contributed by atoms with Crippen LogP contribution in [0.25, 0.3) is 0 Å². The van der Waals surface area contributed by atoms with Crippen LogP contribution in [0.15, 0.2) is 23.8 Å². The van der Waals surface area contributed by atoms with Crippen LogP contribution >= 0.6 is 0 Å². The number of rotatable bonds is 1. The standard InChI is InChI=1S/C23H30O2/c1-4-11-23(25)12-10-20-19-8-6-16-13-17(24)7-9-18(16)21(19)15(3)14-22(20,23)5-2/h13,18-21,25H,3,5-10,12,14H2,1-2H3/t18?,19?,20?,21?,22-,23-/m0/s1. The van der Waals surface area contributed by atoms with Crippen molar-refractivity contribution in [2.75, 3.05) is 0 Å². The molecule has 0 bridgehead atoms. The summed E-state index contributed by atoms with van der Waals surface area (Å²) in [4.78, 5) is 11.8. The van der Waals surface area contributed by atoms with E-state index in [4.69, 9.17) is 0 Å². The van der Waals surface area contributed by atoms with Gasteiger partial charge in [0, 0.05) is 11.8 Å². The fourth-order valence-corrected chi connectivity index (χ4v) is 7.08. The van der Waals surface area contributed by atoms with E-state index in [1.54, 1.807) is 0 Å². The Morgan fingerprint density at radius 1 is 1.32 bits per heavy atom. The first-order valence-corrected chi connectivity index (χ1v) is 10.0. The zero-order valence-electron chi connectivity index (χ0n) is 15.6. The molecule has 2 heteroatoms. The Bertz CT molecular complexity index is 705. The summed E-state index contributed by atoms with van der Waals surface area (Å²) in [7, 11) is 0. The second-order valence-electron chi connectivity index (χ2n) is 8.78. The number of ketones is 1. The molecule has 134 valence electrons. The molecule has 0 spiro atoms. The van der Waals surface area contributed by atoms with Crippen molar-refractivity contribution < 1.29 is 9.90 Å². The average Bonchev–Trinajstić information content (AvgIpc) is 2.87. The Hall–Kier alpha value is -1.33. The van der Waals surface area contributed by atoms with Crippen molar-refractivity contribution in [2.45, 2.75) is 70.8 Å². The average molecular weight is 338 g/mol. The predicted molar refractivity (Wildman–Crippen MR) is 99.6 cm³/mol. The van der Waals surface area contributed by atoms with E-state index in [2.05, 4.69) is 25.3 Å². The lowest BCUT2D eigenvalue weighted by Gasteiger charge is -2.56. The van der Waals surface area contributed by atoms with Crippen molar-refractivity contribution in [3.05, 3.63) is 23.8 Å². The van der Waals surface area contributed by atoms with Crippen molar-refractivity contribution in [3.8, 4) is 11.8 Å². The summed E-state index contributed by atoms with van der Waals surface area (Å²) in [5.74, 6) is 8.68. The number of hydrogen-bond donors (Lipinski definition) is 1. The molecule has 6 atom stereocenters. The summed E-state index contributed by atoms with van der Waals surface area (Å²) < 4.78 is 0. The molecule has 0 aromatic heterocycles. The highest BCUT2D eigenvalue weighted by Crippen LogP contribution is 2.67. The lowest BCUT2D eigenvalue weighted by atomic mass is 9.48. The number of hydrogen-bond acceptors (Lipinski definition) is 2. The van der Waals surface area contributed by atoms with Crippen LogP contribution in [0, 0.1) is 40.9 Å². The second-order valence-corrected chi connectivity index (χ2v) is 8.78. The quantitative estimate of drug-likeness (QED) is 0.567. The largest absolute Gasteiger partial charge is 0.377 e. The van der Waals surface area contributed by atoms with Crippen molar-refractivity contribution in [1.82, 2.24) is 0 Å². The van der Waals surface area contributed by atoms with E-state index in [1.165, 1.54) is 11.1 Å². The Morgan fingerprint density at radius 3 is 2.84 bits per heavy atom. The summed E-state index contributed by atoms with van der Waals surface area (Å²) in [5, 5.41) is 11.4. The third kappa shape index (κ3) is 2.25. The van der Waals surface area contributed by atoms with Gasteiger partial charge >= 0.3 is 0 Å². The smallest absolute Gasteiger partial charge is 0.155 e. The zero-order chi connectivity index (χ0) is 17.8. The van der Waals surface area contributed by atoms with Crippen molar-refractivity contribution >= 4 is 5.78 Å². The number of carbonyl (C=O) groups is 1. The number of aliphatic hydroxyl groups is 1. The molecular weight excluding hydrogens is 308 g/mol. The summed E-state index contributed by atoms with van der Waals surface area (Å²) in [5.41, 5.74) is 1.71. The molecule has 0 aromatic carbocycles. The molecule has 0 amide bonds. The minimum absolute atomic E-state index is 0.125. The van der Waals surface area contributed by atoms with Gasteiger partial charge in [0.2, 0.25) is 0 Å². The molecule has 4 aliphatic carbocycles. The van der Waals surface area contributed by atoms with Crippen molar-refractivity contribution in [2.24, 2.45) is 29.1 Å². The van der Waals surface area contributed by atoms with E-state index >= 15 is 0 Å². The number of fused-ring (bicyclic) bond motifs is 5. The molecule has 2 nitrogen and oxygen atoms in total. The van der Waals surface area contributed by atoms with E-state index in [0.29, 0.717) is 35.9 Å². The summed E-state index contributed by atoms with van der Waals surface area (Å²) in [6.07, 6.45) is 9.57. The highest BCUT2D eigenvalue weighted by molar-refractivity contribution is 5.91. The van der Waals surface area contributed by atoms with Gasteiger partial charge in [-0.05, 0) is 81.6 Å². The molecule has 4 unspecified atom stereocenters. The minimum atomic E-state index is -0.853. The molecular formula is C23H30O2. The topological polar surface area (TPSA) is 37.3 Å². The minimum Gasteiger partial charge on any atom is -0.377 e. The van der Waals surface area contributed by atoms with Crippen molar-refractivity contribution in [3.63, 3.8) is 0 Å². The molecule has 4 aliphatic rings. The van der Waals surface area contributed by atoms with Gasteiger partial charge in [-0.1, -0.05) is 30.6 Å². The molecule has 0 aromatic rings. The zero-order valence-corrected chi connectivity index (χ0v) is 15.6. The maximum Gasteiger partial charge on any atom is 0.155 e. The Kier molecular flexibility index (Phi) is 4.00. The van der Waals surface area contributed by atoms with Crippen LogP contribution in [0.4, 0.5) is 0 Å². The van der Waals surface area contributed by atoms with E-state index in [0.717, 1.165) is 44.9 Å². The first kappa shape index (κ1) is 17.1. The monoisotopic (exact) mass is 338 g/mol.